The van der Waals surface area contributed by atoms with Crippen LogP contribution in [-0.4, -0.2) is 27.6 Å². The number of nitrogens with one attached hydrogen (secondary N) is 1. The summed E-state index contributed by atoms with van der Waals surface area (Å²) in [6.07, 6.45) is -4.18. The number of hydrogen-bond acceptors (Lipinski definition) is 5. The fourth-order valence-electron chi connectivity index (χ4n) is 1.95. The minimum absolute atomic E-state index is 0.0176. The van der Waals surface area contributed by atoms with E-state index in [9.17, 15) is 18.0 Å². The first kappa shape index (κ1) is 17.9. The van der Waals surface area contributed by atoms with Crippen molar-refractivity contribution in [1.82, 2.24) is 20.4 Å². The number of hydrogen-bond donors (Lipinski definition) is 1. The third-order valence-corrected chi connectivity index (χ3v) is 3.23. The molecule has 0 saturated carbocycles. The standard InChI is InChI=1S/C15H17F3N4O2/c1-8(2)14-21-12(22-24-14)6-7-19-13(23)10-4-5-11(15(16,17)18)20-9(10)3/h4-5,8H,6-7H2,1-3H3,(H,19,23). The van der Waals surface area contributed by atoms with E-state index in [1.807, 2.05) is 13.8 Å². The molecule has 0 aromatic carbocycles. The van der Waals surface area contributed by atoms with Gasteiger partial charge >= 0.3 is 6.18 Å². The summed E-state index contributed by atoms with van der Waals surface area (Å²) in [6.45, 7) is 5.42. The molecule has 9 heteroatoms. The number of nitrogens with zero attached hydrogens (tertiary/aromatic N) is 3. The van der Waals surface area contributed by atoms with Crippen LogP contribution in [0.1, 0.15) is 53.2 Å². The van der Waals surface area contributed by atoms with Gasteiger partial charge in [-0.15, -0.1) is 0 Å². The Morgan fingerprint density at radius 3 is 2.54 bits per heavy atom. The molecule has 24 heavy (non-hydrogen) atoms. The fraction of sp³-hybridized carbons (Fsp3) is 0.467. The van der Waals surface area contributed by atoms with Gasteiger partial charge in [0.1, 0.15) is 5.69 Å². The predicted octanol–water partition coefficient (Wildman–Crippen LogP) is 2.89. The summed E-state index contributed by atoms with van der Waals surface area (Å²) in [7, 11) is 0. The van der Waals surface area contributed by atoms with Crippen molar-refractivity contribution in [2.45, 2.75) is 39.3 Å². The quantitative estimate of drug-likeness (QED) is 0.904. The molecule has 0 spiro atoms. The molecule has 130 valence electrons. The van der Waals surface area contributed by atoms with Gasteiger partial charge in [0.2, 0.25) is 5.89 Å². The van der Waals surface area contributed by atoms with Crippen molar-refractivity contribution in [2.75, 3.05) is 6.54 Å². The summed E-state index contributed by atoms with van der Waals surface area (Å²) < 4.78 is 42.7. The molecule has 6 nitrogen and oxygen atoms in total. The predicted molar refractivity (Wildman–Crippen MR) is 78.4 cm³/mol. The highest BCUT2D eigenvalue weighted by Gasteiger charge is 2.33. The Morgan fingerprint density at radius 1 is 1.29 bits per heavy atom. The summed E-state index contributed by atoms with van der Waals surface area (Å²) in [4.78, 5) is 19.6. The molecular weight excluding hydrogens is 325 g/mol. The van der Waals surface area contributed by atoms with Crippen LogP contribution in [0.4, 0.5) is 13.2 Å². The second-order valence-electron chi connectivity index (χ2n) is 5.54. The van der Waals surface area contributed by atoms with Crippen molar-refractivity contribution >= 4 is 5.91 Å². The van der Waals surface area contributed by atoms with Crippen LogP contribution in [0.15, 0.2) is 16.7 Å². The lowest BCUT2D eigenvalue weighted by Crippen LogP contribution is -2.27. The highest BCUT2D eigenvalue weighted by molar-refractivity contribution is 5.95. The number of carbonyl (C=O) groups is 1. The van der Waals surface area contributed by atoms with Crippen molar-refractivity contribution in [2.24, 2.45) is 0 Å². The number of halogens is 3. The zero-order chi connectivity index (χ0) is 17.9. The molecule has 0 radical (unpaired) electrons. The van der Waals surface area contributed by atoms with Gasteiger partial charge in [-0.05, 0) is 19.1 Å². The Balaban J connectivity index is 1.95. The number of aryl methyl sites for hydroxylation is 1. The van der Waals surface area contributed by atoms with Crippen molar-refractivity contribution in [3.8, 4) is 0 Å². The molecule has 0 unspecified atom stereocenters. The summed E-state index contributed by atoms with van der Waals surface area (Å²) in [5.74, 6) is 0.586. The second kappa shape index (κ2) is 6.98. The number of alkyl halides is 3. The van der Waals surface area contributed by atoms with Gasteiger partial charge in [0, 0.05) is 18.9 Å². The second-order valence-corrected chi connectivity index (χ2v) is 5.54. The van der Waals surface area contributed by atoms with Crippen molar-refractivity contribution < 1.29 is 22.5 Å². The molecule has 2 heterocycles. The van der Waals surface area contributed by atoms with Crippen molar-refractivity contribution in [3.63, 3.8) is 0 Å². The van der Waals surface area contributed by atoms with Crippen LogP contribution in [0.5, 0.6) is 0 Å². The van der Waals surface area contributed by atoms with Crippen LogP contribution < -0.4 is 5.32 Å². The molecule has 0 aliphatic carbocycles. The van der Waals surface area contributed by atoms with E-state index >= 15 is 0 Å². The maximum atomic E-state index is 12.6. The van der Waals surface area contributed by atoms with E-state index < -0.39 is 17.8 Å². The number of rotatable bonds is 5. The maximum absolute atomic E-state index is 12.6. The molecule has 0 aliphatic heterocycles. The van der Waals surface area contributed by atoms with Gasteiger partial charge in [0.25, 0.3) is 5.91 Å². The maximum Gasteiger partial charge on any atom is 0.433 e. The minimum Gasteiger partial charge on any atom is -0.352 e. The van der Waals surface area contributed by atoms with E-state index in [-0.39, 0.29) is 23.7 Å². The summed E-state index contributed by atoms with van der Waals surface area (Å²) >= 11 is 0. The average Bonchev–Trinajstić information content (AvgIpc) is 2.95. The number of amides is 1. The van der Waals surface area contributed by atoms with Gasteiger partial charge in [-0.25, -0.2) is 4.98 Å². The Hall–Kier alpha value is -2.45. The Kier molecular flexibility index (Phi) is 5.20. The fourth-order valence-corrected chi connectivity index (χ4v) is 1.95. The van der Waals surface area contributed by atoms with Gasteiger partial charge in [0.05, 0.1) is 11.3 Å². The van der Waals surface area contributed by atoms with Gasteiger partial charge in [-0.3, -0.25) is 4.79 Å². The molecule has 0 saturated heterocycles. The summed E-state index contributed by atoms with van der Waals surface area (Å²) in [6, 6.07) is 1.90. The summed E-state index contributed by atoms with van der Waals surface area (Å²) in [5.41, 5.74) is -0.910. The number of carbonyl (C=O) groups excluding carboxylic acids is 1. The molecular formula is C15H17F3N4O2. The number of aromatic nitrogens is 3. The third kappa shape index (κ3) is 4.30. The van der Waals surface area contributed by atoms with Crippen LogP contribution in [0.3, 0.4) is 0 Å². The molecule has 1 N–H and O–H groups in total. The van der Waals surface area contributed by atoms with Gasteiger partial charge in [-0.1, -0.05) is 19.0 Å². The van der Waals surface area contributed by atoms with E-state index in [1.54, 1.807) is 0 Å². The van der Waals surface area contributed by atoms with Gasteiger partial charge in [0.15, 0.2) is 5.82 Å². The molecule has 0 aliphatic rings. The van der Waals surface area contributed by atoms with Crippen molar-refractivity contribution in [1.29, 1.82) is 0 Å². The van der Waals surface area contributed by atoms with E-state index in [4.69, 9.17) is 4.52 Å². The topological polar surface area (TPSA) is 80.9 Å². The first-order chi connectivity index (χ1) is 11.2. The summed E-state index contributed by atoms with van der Waals surface area (Å²) in [5, 5.41) is 6.39. The third-order valence-electron chi connectivity index (χ3n) is 3.23. The van der Waals surface area contributed by atoms with Crippen LogP contribution in [-0.2, 0) is 12.6 Å². The SMILES string of the molecule is Cc1nc(C(F)(F)F)ccc1C(=O)NCCc1noc(C(C)C)n1. The average molecular weight is 342 g/mol. The number of pyridine rings is 1. The van der Waals surface area contributed by atoms with Crippen LogP contribution in [0.2, 0.25) is 0 Å². The molecule has 1 amide bonds. The first-order valence-electron chi connectivity index (χ1n) is 7.34. The van der Waals surface area contributed by atoms with Crippen molar-refractivity contribution in [3.05, 3.63) is 40.8 Å². The van der Waals surface area contributed by atoms with Gasteiger partial charge < -0.3 is 9.84 Å². The first-order valence-corrected chi connectivity index (χ1v) is 7.34. The molecule has 2 aromatic rings. The van der Waals surface area contributed by atoms with Crippen LogP contribution in [0.25, 0.3) is 0 Å². The lowest BCUT2D eigenvalue weighted by Gasteiger charge is -2.10. The zero-order valence-corrected chi connectivity index (χ0v) is 13.4. The monoisotopic (exact) mass is 342 g/mol. The molecule has 0 fully saturated rings. The zero-order valence-electron chi connectivity index (χ0n) is 13.4. The molecule has 2 rings (SSSR count). The van der Waals surface area contributed by atoms with E-state index in [1.165, 1.54) is 6.92 Å². The van der Waals surface area contributed by atoms with Gasteiger partial charge in [-0.2, -0.15) is 18.2 Å². The molecule has 0 atom stereocenters. The minimum atomic E-state index is -4.54. The van der Waals surface area contributed by atoms with E-state index in [2.05, 4.69) is 20.4 Å². The van der Waals surface area contributed by atoms with E-state index in [0.717, 1.165) is 12.1 Å². The molecule has 0 bridgehead atoms. The Morgan fingerprint density at radius 2 is 2.00 bits per heavy atom. The molecule has 2 aromatic heterocycles. The normalized spacial score (nSPS) is 11.8. The Bertz CT molecular complexity index is 726. The lowest BCUT2D eigenvalue weighted by molar-refractivity contribution is -0.141. The highest BCUT2D eigenvalue weighted by Crippen LogP contribution is 2.28. The van der Waals surface area contributed by atoms with Crippen LogP contribution >= 0.6 is 0 Å². The highest BCUT2D eigenvalue weighted by atomic mass is 19.4. The smallest absolute Gasteiger partial charge is 0.352 e. The Labute approximate surface area is 136 Å². The lowest BCUT2D eigenvalue weighted by atomic mass is 10.1. The largest absolute Gasteiger partial charge is 0.433 e. The van der Waals surface area contributed by atoms with Crippen LogP contribution in [0, 0.1) is 6.92 Å². The van der Waals surface area contributed by atoms with E-state index in [0.29, 0.717) is 18.1 Å².